The number of primary amides is 1. The van der Waals surface area contributed by atoms with Crippen molar-refractivity contribution in [1.82, 2.24) is 24.3 Å². The fourth-order valence-corrected chi connectivity index (χ4v) is 5.80. The van der Waals surface area contributed by atoms with Crippen LogP contribution in [0.2, 0.25) is 0 Å². The van der Waals surface area contributed by atoms with Gasteiger partial charge in [-0.25, -0.2) is 14.6 Å². The highest BCUT2D eigenvalue weighted by Gasteiger charge is 2.34. The zero-order valence-electron chi connectivity index (χ0n) is 25.1. The number of pyridine rings is 1. The molecule has 0 saturated heterocycles. The minimum Gasteiger partial charge on any atom is -0.487 e. The van der Waals surface area contributed by atoms with Crippen molar-refractivity contribution in [2.24, 2.45) is 5.73 Å². The zero-order chi connectivity index (χ0) is 31.3. The van der Waals surface area contributed by atoms with Gasteiger partial charge in [-0.15, -0.1) is 0 Å². The highest BCUT2D eigenvalue weighted by molar-refractivity contribution is 5.95. The lowest BCUT2D eigenvalue weighted by molar-refractivity contribution is 0.0997. The van der Waals surface area contributed by atoms with Crippen LogP contribution in [-0.4, -0.2) is 70.9 Å². The molecule has 1 aliphatic heterocycles. The highest BCUT2D eigenvalue weighted by Crippen LogP contribution is 2.38. The van der Waals surface area contributed by atoms with Gasteiger partial charge in [0, 0.05) is 55.6 Å². The van der Waals surface area contributed by atoms with Crippen LogP contribution in [0.5, 0.6) is 11.5 Å². The van der Waals surface area contributed by atoms with Crippen molar-refractivity contribution in [2.75, 3.05) is 40.6 Å². The summed E-state index contributed by atoms with van der Waals surface area (Å²) in [6.45, 7) is 2.12. The summed E-state index contributed by atoms with van der Waals surface area (Å²) in [4.78, 5) is 40.0. The van der Waals surface area contributed by atoms with E-state index >= 15 is 0 Å². The molecule has 4 heterocycles. The monoisotopic (exact) mass is 610 g/mol. The number of hydrogen-bond donors (Lipinski definition) is 1. The summed E-state index contributed by atoms with van der Waals surface area (Å²) in [6, 6.07) is 16.8. The van der Waals surface area contributed by atoms with E-state index < -0.39 is 11.5 Å². The number of ether oxygens (including phenoxy) is 4. The maximum Gasteiger partial charge on any atom is 0.284 e. The molecule has 0 spiro atoms. The molecule has 45 heavy (non-hydrogen) atoms. The number of nitrogens with zero attached hydrogens (tertiary/aromatic N) is 5. The van der Waals surface area contributed by atoms with Crippen molar-refractivity contribution >= 4 is 16.8 Å². The number of rotatable bonds is 12. The summed E-state index contributed by atoms with van der Waals surface area (Å²) in [7, 11) is 3.23. The van der Waals surface area contributed by atoms with E-state index in [0.29, 0.717) is 67.1 Å². The van der Waals surface area contributed by atoms with Gasteiger partial charge in [0.15, 0.2) is 11.5 Å². The summed E-state index contributed by atoms with van der Waals surface area (Å²) < 4.78 is 25.6. The predicted molar refractivity (Wildman–Crippen MR) is 167 cm³/mol. The number of benzene rings is 2. The Kier molecular flexibility index (Phi) is 8.85. The summed E-state index contributed by atoms with van der Waals surface area (Å²) in [6.07, 6.45) is 4.77. The highest BCUT2D eigenvalue weighted by atomic mass is 16.5. The molecule has 0 radical (unpaired) electrons. The molecule has 232 valence electrons. The van der Waals surface area contributed by atoms with E-state index in [2.05, 4.69) is 9.97 Å². The Labute approximate surface area is 259 Å². The van der Waals surface area contributed by atoms with Crippen LogP contribution in [0.4, 0.5) is 0 Å². The van der Waals surface area contributed by atoms with Gasteiger partial charge in [-0.1, -0.05) is 18.2 Å². The van der Waals surface area contributed by atoms with E-state index in [-0.39, 0.29) is 11.5 Å². The number of hydrogen-bond acceptors (Lipinski definition) is 9. The van der Waals surface area contributed by atoms with Crippen LogP contribution >= 0.6 is 0 Å². The minimum atomic E-state index is -0.747. The van der Waals surface area contributed by atoms with Gasteiger partial charge in [0.2, 0.25) is 0 Å². The van der Waals surface area contributed by atoms with E-state index in [4.69, 9.17) is 29.7 Å². The first-order chi connectivity index (χ1) is 22.0. The number of carbonyl (C=O) groups is 1. The molecule has 1 amide bonds. The van der Waals surface area contributed by atoms with E-state index in [9.17, 15) is 9.59 Å². The third-order valence-electron chi connectivity index (χ3n) is 7.83. The quantitative estimate of drug-likeness (QED) is 0.209. The number of carbonyl (C=O) groups excluding carboxylic acids is 1. The third kappa shape index (κ3) is 5.89. The van der Waals surface area contributed by atoms with Crippen LogP contribution in [0.25, 0.3) is 27.8 Å². The lowest BCUT2D eigenvalue weighted by Crippen LogP contribution is -2.26. The van der Waals surface area contributed by atoms with E-state index in [1.54, 1.807) is 25.1 Å². The van der Waals surface area contributed by atoms with Crippen molar-refractivity contribution in [2.45, 2.75) is 25.3 Å². The van der Waals surface area contributed by atoms with Crippen molar-refractivity contribution in [3.63, 3.8) is 0 Å². The van der Waals surface area contributed by atoms with E-state index in [1.165, 1.54) is 6.33 Å². The second-order valence-corrected chi connectivity index (χ2v) is 10.6. The average Bonchev–Trinajstić information content (AvgIpc) is 3.37. The molecule has 2 N–H and O–H groups in total. The normalized spacial score (nSPS) is 14.3. The summed E-state index contributed by atoms with van der Waals surface area (Å²) in [5.41, 5.74) is 9.49. The van der Waals surface area contributed by atoms with Gasteiger partial charge in [0.25, 0.3) is 11.5 Å². The van der Waals surface area contributed by atoms with E-state index in [0.717, 1.165) is 29.5 Å². The maximum atomic E-state index is 13.5. The lowest BCUT2D eigenvalue weighted by atomic mass is 9.89. The van der Waals surface area contributed by atoms with Crippen molar-refractivity contribution < 1.29 is 23.7 Å². The van der Waals surface area contributed by atoms with Gasteiger partial charge in [-0.05, 0) is 43.2 Å². The van der Waals surface area contributed by atoms with Crippen molar-refractivity contribution in [1.29, 1.82) is 0 Å². The second-order valence-electron chi connectivity index (χ2n) is 10.6. The van der Waals surface area contributed by atoms with Crippen molar-refractivity contribution in [3.8, 4) is 28.4 Å². The molecule has 0 fully saturated rings. The molecule has 2 aromatic carbocycles. The van der Waals surface area contributed by atoms with Gasteiger partial charge in [0.05, 0.1) is 35.8 Å². The number of para-hydroxylation sites is 1. The third-order valence-corrected chi connectivity index (χ3v) is 7.83. The summed E-state index contributed by atoms with van der Waals surface area (Å²) in [5, 5.41) is 0.765. The number of methoxy groups -OCH3 is 2. The van der Waals surface area contributed by atoms with Crippen molar-refractivity contribution in [3.05, 3.63) is 94.4 Å². The van der Waals surface area contributed by atoms with Crippen LogP contribution < -0.4 is 20.8 Å². The Morgan fingerprint density at radius 1 is 0.933 bits per heavy atom. The molecule has 12 nitrogen and oxygen atoms in total. The van der Waals surface area contributed by atoms with Crippen LogP contribution in [0, 0.1) is 0 Å². The van der Waals surface area contributed by atoms with Gasteiger partial charge in [-0.2, -0.15) is 0 Å². The molecule has 3 aromatic heterocycles. The first-order valence-electron chi connectivity index (χ1n) is 14.7. The first kappa shape index (κ1) is 30.0. The van der Waals surface area contributed by atoms with Crippen LogP contribution in [0.3, 0.4) is 0 Å². The average molecular weight is 611 g/mol. The summed E-state index contributed by atoms with van der Waals surface area (Å²) >= 11 is 0. The molecule has 1 atom stereocenters. The smallest absolute Gasteiger partial charge is 0.284 e. The molecule has 1 aliphatic rings. The predicted octanol–water partition coefficient (Wildman–Crippen LogP) is 3.72. The van der Waals surface area contributed by atoms with Crippen LogP contribution in [-0.2, 0) is 16.0 Å². The molecule has 1 unspecified atom stereocenters. The van der Waals surface area contributed by atoms with Crippen LogP contribution in [0.15, 0.2) is 71.9 Å². The molecule has 12 heteroatoms. The van der Waals surface area contributed by atoms with Gasteiger partial charge < -0.3 is 24.7 Å². The maximum absolute atomic E-state index is 13.5. The number of amides is 1. The van der Waals surface area contributed by atoms with Gasteiger partial charge in [-0.3, -0.25) is 19.3 Å². The standard InChI is InChI=1S/C33H34N6O6/c1-42-13-15-44-27-17-24-26(18-28(27)45-16-14-43-2)36-20-37-30(24)21-10-11-25(35-19-21)23-9-6-12-38-31(23)29(32(34)40)33(41)39(38)22-7-4-3-5-8-22/h3-5,7-8,10-11,17-20,23H,6,9,12-16H2,1-2H3,(H2,34,40). The number of fused-ring (bicyclic) bond motifs is 2. The molecule has 5 aromatic rings. The number of nitrogens with two attached hydrogens (primary N) is 1. The summed E-state index contributed by atoms with van der Waals surface area (Å²) in [5.74, 6) is 0.0504. The first-order valence-corrected chi connectivity index (χ1v) is 14.7. The second kappa shape index (κ2) is 13.3. The van der Waals surface area contributed by atoms with Gasteiger partial charge in [0.1, 0.15) is 25.1 Å². The largest absolute Gasteiger partial charge is 0.487 e. The Balaban J connectivity index is 1.38. The molecule has 0 bridgehead atoms. The Morgan fingerprint density at radius 3 is 2.33 bits per heavy atom. The molecule has 6 rings (SSSR count). The fraction of sp³-hybridized carbons (Fsp3) is 0.303. The molecule has 0 aliphatic carbocycles. The molecular formula is C33H34N6O6. The lowest BCUT2D eigenvalue weighted by Gasteiger charge is -2.26. The zero-order valence-corrected chi connectivity index (χ0v) is 25.1. The van der Waals surface area contributed by atoms with E-state index in [1.807, 2.05) is 59.3 Å². The SMILES string of the molecule is COCCOc1cc2ncnc(-c3ccc(C4CCCn5c4c(C(N)=O)c(=O)n5-c4ccccc4)nc3)c2cc1OCCOC. The Hall–Kier alpha value is -5.07. The minimum absolute atomic E-state index is 0.000693. The molecule has 0 saturated carbocycles. The Bertz CT molecular complexity index is 1870. The Morgan fingerprint density at radius 2 is 1.67 bits per heavy atom. The van der Waals surface area contributed by atoms with Crippen LogP contribution in [0.1, 0.15) is 40.5 Å². The fourth-order valence-electron chi connectivity index (χ4n) is 5.80. The number of aromatic nitrogens is 5. The topological polar surface area (TPSA) is 146 Å². The molecular weight excluding hydrogens is 576 g/mol. The van der Waals surface area contributed by atoms with Gasteiger partial charge >= 0.3 is 0 Å².